The zero-order valence-electron chi connectivity index (χ0n) is 11.3. The summed E-state index contributed by atoms with van der Waals surface area (Å²) in [6, 6.07) is 8.94. The maximum Gasteiger partial charge on any atom is 0.119 e. The second kappa shape index (κ2) is 8.13. The molecule has 0 saturated carbocycles. The number of rotatable bonds is 8. The summed E-state index contributed by atoms with van der Waals surface area (Å²) in [6.45, 7) is 8.30. The molecule has 1 rings (SSSR count). The van der Waals surface area contributed by atoms with Crippen LogP contribution in [0.15, 0.2) is 24.3 Å². The zero-order chi connectivity index (χ0) is 12.5. The third-order valence-electron chi connectivity index (χ3n) is 2.75. The van der Waals surface area contributed by atoms with Crippen molar-refractivity contribution in [3.63, 3.8) is 0 Å². The quantitative estimate of drug-likeness (QED) is 0.741. The van der Waals surface area contributed by atoms with Gasteiger partial charge in [-0.05, 0) is 37.5 Å². The Morgan fingerprint density at radius 1 is 1.24 bits per heavy atom. The Morgan fingerprint density at radius 3 is 2.76 bits per heavy atom. The van der Waals surface area contributed by atoms with Gasteiger partial charge in [-0.25, -0.2) is 0 Å². The van der Waals surface area contributed by atoms with Crippen molar-refractivity contribution in [2.75, 3.05) is 6.61 Å². The van der Waals surface area contributed by atoms with Crippen molar-refractivity contribution in [3.05, 3.63) is 29.8 Å². The maximum atomic E-state index is 5.62. The molecule has 96 valence electrons. The Labute approximate surface area is 105 Å². The summed E-state index contributed by atoms with van der Waals surface area (Å²) < 4.78 is 5.62. The van der Waals surface area contributed by atoms with Crippen LogP contribution in [0.5, 0.6) is 5.75 Å². The van der Waals surface area contributed by atoms with Gasteiger partial charge in [0, 0.05) is 12.6 Å². The van der Waals surface area contributed by atoms with E-state index in [0.29, 0.717) is 6.04 Å². The van der Waals surface area contributed by atoms with Crippen LogP contribution in [0.3, 0.4) is 0 Å². The minimum absolute atomic E-state index is 0.584. The van der Waals surface area contributed by atoms with E-state index in [1.54, 1.807) is 0 Å². The molecule has 1 aromatic rings. The fourth-order valence-electron chi connectivity index (χ4n) is 1.79. The highest BCUT2D eigenvalue weighted by molar-refractivity contribution is 5.28. The topological polar surface area (TPSA) is 21.3 Å². The molecule has 0 saturated heterocycles. The molecule has 0 aliphatic rings. The first-order valence-electron chi connectivity index (χ1n) is 6.71. The highest BCUT2D eigenvalue weighted by Crippen LogP contribution is 2.13. The second-order valence-corrected chi connectivity index (χ2v) is 4.57. The summed E-state index contributed by atoms with van der Waals surface area (Å²) in [7, 11) is 0. The predicted octanol–water partition coefficient (Wildman–Crippen LogP) is 3.75. The van der Waals surface area contributed by atoms with Gasteiger partial charge in [0.25, 0.3) is 0 Å². The van der Waals surface area contributed by atoms with Crippen molar-refractivity contribution >= 4 is 0 Å². The fourth-order valence-corrected chi connectivity index (χ4v) is 1.79. The molecule has 0 fully saturated rings. The van der Waals surface area contributed by atoms with Gasteiger partial charge in [-0.1, -0.05) is 32.4 Å². The van der Waals surface area contributed by atoms with Crippen molar-refractivity contribution in [1.82, 2.24) is 5.32 Å². The summed E-state index contributed by atoms with van der Waals surface area (Å²) in [5.74, 6) is 0.981. The van der Waals surface area contributed by atoms with Gasteiger partial charge in [0.1, 0.15) is 5.75 Å². The van der Waals surface area contributed by atoms with Gasteiger partial charge in [-0.15, -0.1) is 0 Å². The normalized spacial score (nSPS) is 12.4. The average Bonchev–Trinajstić information content (AvgIpc) is 2.35. The molecule has 2 nitrogen and oxygen atoms in total. The molecule has 0 aliphatic heterocycles. The Balaban J connectivity index is 2.42. The molecule has 1 atom stereocenters. The monoisotopic (exact) mass is 235 g/mol. The van der Waals surface area contributed by atoms with Crippen molar-refractivity contribution in [3.8, 4) is 5.75 Å². The number of nitrogens with one attached hydrogen (secondary N) is 1. The van der Waals surface area contributed by atoms with Gasteiger partial charge in [0.15, 0.2) is 0 Å². The van der Waals surface area contributed by atoms with Crippen molar-refractivity contribution in [1.29, 1.82) is 0 Å². The summed E-state index contributed by atoms with van der Waals surface area (Å²) in [4.78, 5) is 0. The summed E-state index contributed by atoms with van der Waals surface area (Å²) >= 11 is 0. The smallest absolute Gasteiger partial charge is 0.119 e. The van der Waals surface area contributed by atoms with Gasteiger partial charge < -0.3 is 10.1 Å². The first kappa shape index (κ1) is 14.0. The molecule has 1 aromatic carbocycles. The van der Waals surface area contributed by atoms with E-state index in [1.165, 1.54) is 18.4 Å². The SMILES string of the molecule is CCCOc1cccc(CNC(C)CCC)c1. The highest BCUT2D eigenvalue weighted by Gasteiger charge is 2.01. The number of hydrogen-bond acceptors (Lipinski definition) is 2. The standard InChI is InChI=1S/C15H25NO/c1-4-7-13(3)16-12-14-8-6-9-15(11-14)17-10-5-2/h6,8-9,11,13,16H,4-5,7,10,12H2,1-3H3. The van der Waals surface area contributed by atoms with Crippen LogP contribution in [-0.4, -0.2) is 12.6 Å². The van der Waals surface area contributed by atoms with Gasteiger partial charge in [-0.2, -0.15) is 0 Å². The van der Waals surface area contributed by atoms with Crippen LogP contribution < -0.4 is 10.1 Å². The Bertz CT molecular complexity index is 312. The van der Waals surface area contributed by atoms with Crippen LogP contribution in [0, 0.1) is 0 Å². The van der Waals surface area contributed by atoms with E-state index in [1.807, 2.05) is 6.07 Å². The van der Waals surface area contributed by atoms with E-state index in [9.17, 15) is 0 Å². The number of hydrogen-bond donors (Lipinski definition) is 1. The van der Waals surface area contributed by atoms with E-state index < -0.39 is 0 Å². The van der Waals surface area contributed by atoms with E-state index in [4.69, 9.17) is 4.74 Å². The molecule has 0 spiro atoms. The minimum Gasteiger partial charge on any atom is -0.494 e. The van der Waals surface area contributed by atoms with Crippen LogP contribution in [0.4, 0.5) is 0 Å². The van der Waals surface area contributed by atoms with Gasteiger partial charge in [0.05, 0.1) is 6.61 Å². The van der Waals surface area contributed by atoms with Crippen molar-refractivity contribution in [2.45, 2.75) is 52.6 Å². The van der Waals surface area contributed by atoms with Gasteiger partial charge in [0.2, 0.25) is 0 Å². The lowest BCUT2D eigenvalue weighted by Gasteiger charge is -2.13. The first-order chi connectivity index (χ1) is 8.26. The van der Waals surface area contributed by atoms with Crippen LogP contribution in [0.2, 0.25) is 0 Å². The molecule has 0 amide bonds. The summed E-state index contributed by atoms with van der Waals surface area (Å²) in [6.07, 6.45) is 3.51. The Hall–Kier alpha value is -1.02. The van der Waals surface area contributed by atoms with Crippen LogP contribution in [0.1, 0.15) is 45.6 Å². The predicted molar refractivity (Wildman–Crippen MR) is 73.4 cm³/mol. The molecule has 0 aromatic heterocycles. The molecule has 2 heteroatoms. The van der Waals surface area contributed by atoms with E-state index >= 15 is 0 Å². The zero-order valence-corrected chi connectivity index (χ0v) is 11.3. The molecular weight excluding hydrogens is 210 g/mol. The van der Waals surface area contributed by atoms with Gasteiger partial charge in [-0.3, -0.25) is 0 Å². The molecule has 17 heavy (non-hydrogen) atoms. The van der Waals surface area contributed by atoms with Crippen LogP contribution in [0.25, 0.3) is 0 Å². The Kier molecular flexibility index (Phi) is 6.71. The largest absolute Gasteiger partial charge is 0.494 e. The molecule has 1 N–H and O–H groups in total. The van der Waals surface area contributed by atoms with Crippen molar-refractivity contribution in [2.24, 2.45) is 0 Å². The molecule has 0 bridgehead atoms. The lowest BCUT2D eigenvalue weighted by molar-refractivity contribution is 0.317. The van der Waals surface area contributed by atoms with E-state index in [2.05, 4.69) is 44.3 Å². The fraction of sp³-hybridized carbons (Fsp3) is 0.600. The average molecular weight is 235 g/mol. The summed E-state index contributed by atoms with van der Waals surface area (Å²) in [5.41, 5.74) is 1.29. The molecule has 1 unspecified atom stereocenters. The molecule has 0 aliphatic carbocycles. The van der Waals surface area contributed by atoms with Gasteiger partial charge >= 0.3 is 0 Å². The van der Waals surface area contributed by atoms with E-state index in [-0.39, 0.29) is 0 Å². The van der Waals surface area contributed by atoms with Crippen LogP contribution in [-0.2, 0) is 6.54 Å². The number of benzene rings is 1. The third kappa shape index (κ3) is 5.73. The minimum atomic E-state index is 0.584. The molecule has 0 heterocycles. The van der Waals surface area contributed by atoms with Crippen LogP contribution >= 0.6 is 0 Å². The Morgan fingerprint density at radius 2 is 2.06 bits per heavy atom. The highest BCUT2D eigenvalue weighted by atomic mass is 16.5. The molecular formula is C15H25NO. The van der Waals surface area contributed by atoms with E-state index in [0.717, 1.165) is 25.3 Å². The summed E-state index contributed by atoms with van der Waals surface area (Å²) in [5, 5.41) is 3.53. The maximum absolute atomic E-state index is 5.62. The lowest BCUT2D eigenvalue weighted by Crippen LogP contribution is -2.25. The second-order valence-electron chi connectivity index (χ2n) is 4.57. The number of ether oxygens (including phenoxy) is 1. The molecule has 0 radical (unpaired) electrons. The first-order valence-corrected chi connectivity index (χ1v) is 6.71. The third-order valence-corrected chi connectivity index (χ3v) is 2.75. The lowest BCUT2D eigenvalue weighted by atomic mass is 10.1. The van der Waals surface area contributed by atoms with Crippen molar-refractivity contribution < 1.29 is 4.74 Å².